The molecule has 8 heteroatoms. The number of nitrogens with zero attached hydrogens (tertiary/aromatic N) is 3. The van der Waals surface area contributed by atoms with Gasteiger partial charge in [0.2, 0.25) is 5.95 Å². The number of carbonyl (C=O) groups is 1. The normalized spacial score (nSPS) is 10.8. The van der Waals surface area contributed by atoms with Crippen LogP contribution in [0.1, 0.15) is 36.8 Å². The van der Waals surface area contributed by atoms with Crippen molar-refractivity contribution in [2.24, 2.45) is 5.73 Å². The number of anilines is 3. The Labute approximate surface area is 172 Å². The smallest absolute Gasteiger partial charge is 0.272 e. The molecule has 2 aromatic rings. The highest BCUT2D eigenvalue weighted by Gasteiger charge is 2.26. The molecule has 0 unspecified atom stereocenters. The number of rotatable bonds is 8. The topological polar surface area (TPSA) is 114 Å². The minimum Gasteiger partial charge on any atom is -0.399 e. The first kappa shape index (κ1) is 22.1. The lowest BCUT2D eigenvalue weighted by Crippen LogP contribution is -2.44. The molecule has 1 aromatic carbocycles. The van der Waals surface area contributed by atoms with E-state index in [2.05, 4.69) is 27.5 Å². The lowest BCUT2D eigenvalue weighted by Gasteiger charge is -2.27. The summed E-state index contributed by atoms with van der Waals surface area (Å²) in [4.78, 5) is 19.6. The first-order valence-corrected chi connectivity index (χ1v) is 9.46. The predicted molar refractivity (Wildman–Crippen MR) is 119 cm³/mol. The van der Waals surface area contributed by atoms with Crippen molar-refractivity contribution in [3.8, 4) is 11.8 Å². The fourth-order valence-corrected chi connectivity index (χ4v) is 3.10. The number of hydrogen-bond acceptors (Lipinski definition) is 6. The van der Waals surface area contributed by atoms with E-state index >= 15 is 0 Å². The molecule has 0 aliphatic rings. The summed E-state index contributed by atoms with van der Waals surface area (Å²) in [7, 11) is 3.64. The second-order valence-electron chi connectivity index (χ2n) is 7.64. The standard InChI is InChI=1S/C21H31N7O/c1-6-7-11-28-17(19(29)25-13-15-9-8-10-16(22)12-15)18(24-4)26-20(28)27(5)14-21(2,3)23/h8-10,12,24H,11,13-14,22-23H2,1-5H3,(H,25,29). The molecule has 156 valence electrons. The fraction of sp³-hybridized carbons (Fsp3) is 0.429. The van der Waals surface area contributed by atoms with E-state index in [-0.39, 0.29) is 5.91 Å². The van der Waals surface area contributed by atoms with E-state index in [0.29, 0.717) is 42.8 Å². The van der Waals surface area contributed by atoms with Gasteiger partial charge < -0.3 is 27.0 Å². The number of amides is 1. The average molecular weight is 398 g/mol. The number of nitrogen functional groups attached to an aromatic ring is 1. The average Bonchev–Trinajstić information content (AvgIpc) is 3.02. The van der Waals surface area contributed by atoms with Crippen molar-refractivity contribution in [2.45, 2.75) is 39.4 Å². The Morgan fingerprint density at radius 2 is 2.10 bits per heavy atom. The maximum absolute atomic E-state index is 13.1. The zero-order chi connectivity index (χ0) is 21.6. The minimum atomic E-state index is -0.419. The summed E-state index contributed by atoms with van der Waals surface area (Å²) in [6, 6.07) is 7.42. The SMILES string of the molecule is CC#CCn1c(N(C)CC(C)(C)N)nc(NC)c1C(=O)NCc1cccc(N)c1. The highest BCUT2D eigenvalue weighted by atomic mass is 16.2. The van der Waals surface area contributed by atoms with E-state index < -0.39 is 5.54 Å². The Morgan fingerprint density at radius 1 is 1.38 bits per heavy atom. The molecular weight excluding hydrogens is 366 g/mol. The third kappa shape index (κ3) is 5.90. The van der Waals surface area contributed by atoms with Crippen LogP contribution in [0.15, 0.2) is 24.3 Å². The van der Waals surface area contributed by atoms with Gasteiger partial charge >= 0.3 is 0 Å². The second-order valence-corrected chi connectivity index (χ2v) is 7.64. The zero-order valence-corrected chi connectivity index (χ0v) is 17.8. The lowest BCUT2D eigenvalue weighted by atomic mass is 10.1. The molecule has 0 saturated carbocycles. The third-order valence-electron chi connectivity index (χ3n) is 4.20. The predicted octanol–water partition coefficient (Wildman–Crippen LogP) is 1.63. The fourth-order valence-electron chi connectivity index (χ4n) is 3.10. The van der Waals surface area contributed by atoms with Gasteiger partial charge in [0.1, 0.15) is 0 Å². The highest BCUT2D eigenvalue weighted by Crippen LogP contribution is 2.24. The minimum absolute atomic E-state index is 0.242. The van der Waals surface area contributed by atoms with Gasteiger partial charge in [-0.2, -0.15) is 4.98 Å². The summed E-state index contributed by atoms with van der Waals surface area (Å²) in [5, 5.41) is 5.97. The van der Waals surface area contributed by atoms with Gasteiger partial charge in [-0.15, -0.1) is 5.92 Å². The number of imidazole rings is 1. The van der Waals surface area contributed by atoms with Crippen molar-refractivity contribution in [1.82, 2.24) is 14.9 Å². The number of nitrogens with two attached hydrogens (primary N) is 2. The number of aromatic nitrogens is 2. The van der Waals surface area contributed by atoms with Crippen LogP contribution in [0.25, 0.3) is 0 Å². The molecule has 8 nitrogen and oxygen atoms in total. The molecule has 0 bridgehead atoms. The Bertz CT molecular complexity index is 915. The molecule has 0 spiro atoms. The van der Waals surface area contributed by atoms with Gasteiger partial charge in [0, 0.05) is 38.4 Å². The van der Waals surface area contributed by atoms with Crippen molar-refractivity contribution in [2.75, 3.05) is 36.6 Å². The molecule has 0 aliphatic carbocycles. The van der Waals surface area contributed by atoms with Crippen molar-refractivity contribution in [1.29, 1.82) is 0 Å². The summed E-state index contributed by atoms with van der Waals surface area (Å²) in [5.41, 5.74) is 13.6. The molecule has 0 atom stereocenters. The van der Waals surface area contributed by atoms with Gasteiger partial charge in [-0.3, -0.25) is 9.36 Å². The first-order valence-electron chi connectivity index (χ1n) is 9.46. The van der Waals surface area contributed by atoms with Gasteiger partial charge in [0.25, 0.3) is 5.91 Å². The maximum Gasteiger partial charge on any atom is 0.272 e. The van der Waals surface area contributed by atoms with Crippen molar-refractivity contribution in [3.05, 3.63) is 35.5 Å². The van der Waals surface area contributed by atoms with Crippen LogP contribution in [0, 0.1) is 11.8 Å². The maximum atomic E-state index is 13.1. The summed E-state index contributed by atoms with van der Waals surface area (Å²) < 4.78 is 1.81. The molecule has 1 heterocycles. The van der Waals surface area contributed by atoms with Crippen LogP contribution in [-0.2, 0) is 13.1 Å². The number of likely N-dealkylation sites (N-methyl/N-ethyl adjacent to an activating group) is 1. The van der Waals surface area contributed by atoms with E-state index in [0.717, 1.165) is 5.56 Å². The van der Waals surface area contributed by atoms with Crippen molar-refractivity contribution in [3.63, 3.8) is 0 Å². The van der Waals surface area contributed by atoms with Crippen LogP contribution < -0.4 is 27.0 Å². The summed E-state index contributed by atoms with van der Waals surface area (Å²) >= 11 is 0. The van der Waals surface area contributed by atoms with Crippen LogP contribution in [0.3, 0.4) is 0 Å². The van der Waals surface area contributed by atoms with E-state index in [4.69, 9.17) is 11.5 Å². The van der Waals surface area contributed by atoms with Gasteiger partial charge in [-0.25, -0.2) is 0 Å². The molecule has 1 aromatic heterocycles. The van der Waals surface area contributed by atoms with E-state index in [1.807, 2.05) is 54.6 Å². The van der Waals surface area contributed by atoms with Crippen molar-refractivity contribution >= 4 is 23.4 Å². The molecule has 0 fully saturated rings. The number of carbonyl (C=O) groups excluding carboxylic acids is 1. The Hall–Kier alpha value is -3.18. The van der Waals surface area contributed by atoms with Gasteiger partial charge in [-0.1, -0.05) is 18.1 Å². The summed E-state index contributed by atoms with van der Waals surface area (Å²) in [6.45, 7) is 6.93. The molecule has 0 saturated heterocycles. The van der Waals surface area contributed by atoms with Gasteiger partial charge in [0.05, 0.1) is 6.54 Å². The summed E-state index contributed by atoms with van der Waals surface area (Å²) in [5.74, 6) is 6.79. The molecule has 1 amide bonds. The molecule has 0 radical (unpaired) electrons. The van der Waals surface area contributed by atoms with Crippen molar-refractivity contribution < 1.29 is 4.79 Å². The van der Waals surface area contributed by atoms with E-state index in [1.54, 1.807) is 14.0 Å². The van der Waals surface area contributed by atoms with Crippen LogP contribution in [-0.4, -0.2) is 41.6 Å². The third-order valence-corrected chi connectivity index (χ3v) is 4.20. The first-order chi connectivity index (χ1) is 13.7. The van der Waals surface area contributed by atoms with Gasteiger partial charge in [-0.05, 0) is 38.5 Å². The Morgan fingerprint density at radius 3 is 2.69 bits per heavy atom. The number of nitrogens with one attached hydrogen (secondary N) is 2. The van der Waals surface area contributed by atoms with E-state index in [9.17, 15) is 4.79 Å². The van der Waals surface area contributed by atoms with Crippen LogP contribution in [0.5, 0.6) is 0 Å². The second kappa shape index (κ2) is 9.34. The van der Waals surface area contributed by atoms with E-state index in [1.165, 1.54) is 0 Å². The summed E-state index contributed by atoms with van der Waals surface area (Å²) in [6.07, 6.45) is 0. The quantitative estimate of drug-likeness (QED) is 0.398. The largest absolute Gasteiger partial charge is 0.399 e. The number of hydrogen-bond donors (Lipinski definition) is 4. The van der Waals surface area contributed by atoms with Crippen LogP contribution in [0.2, 0.25) is 0 Å². The molecule has 2 rings (SSSR count). The Kier molecular flexibility index (Phi) is 7.13. The molecular formula is C21H31N7O. The zero-order valence-electron chi connectivity index (χ0n) is 17.8. The Balaban J connectivity index is 2.36. The molecule has 29 heavy (non-hydrogen) atoms. The van der Waals surface area contributed by atoms with Crippen LogP contribution in [0.4, 0.5) is 17.5 Å². The molecule has 6 N–H and O–H groups in total. The van der Waals surface area contributed by atoms with Gasteiger partial charge in [0.15, 0.2) is 11.5 Å². The van der Waals surface area contributed by atoms with Crippen LogP contribution >= 0.6 is 0 Å². The monoisotopic (exact) mass is 397 g/mol. The number of benzene rings is 1. The molecule has 0 aliphatic heterocycles. The highest BCUT2D eigenvalue weighted by molar-refractivity contribution is 5.98. The lowest BCUT2D eigenvalue weighted by molar-refractivity contribution is 0.0943.